The van der Waals surface area contributed by atoms with Crippen LogP contribution < -0.4 is 0 Å². The van der Waals surface area contributed by atoms with E-state index in [1.807, 2.05) is 17.9 Å². The first-order valence-electron chi connectivity index (χ1n) is 8.05. The minimum absolute atomic E-state index is 0.0264. The fraction of sp³-hybridized carbons (Fsp3) is 0.529. The minimum atomic E-state index is -0.303. The normalized spacial score (nSPS) is 24.5. The van der Waals surface area contributed by atoms with Gasteiger partial charge in [-0.2, -0.15) is 0 Å². The molecule has 3 rings (SSSR count). The molecule has 0 bridgehead atoms. The zero-order valence-electron chi connectivity index (χ0n) is 13.2. The number of halogens is 1. The summed E-state index contributed by atoms with van der Waals surface area (Å²) in [5.41, 5.74) is 0.779. The molecule has 0 N–H and O–H groups in total. The third-order valence-corrected chi connectivity index (χ3v) is 5.80. The molecule has 2 fully saturated rings. The molecule has 0 unspecified atom stereocenters. The number of likely N-dealkylation sites (tertiary alicyclic amines) is 1. The second kappa shape index (κ2) is 6.91. The van der Waals surface area contributed by atoms with Crippen LogP contribution >= 0.6 is 11.8 Å². The maximum absolute atomic E-state index is 13.5. The first kappa shape index (κ1) is 16.3. The fourth-order valence-corrected chi connectivity index (χ4v) is 4.46. The van der Waals surface area contributed by atoms with Gasteiger partial charge in [0.2, 0.25) is 11.8 Å². The Kier molecular flexibility index (Phi) is 4.90. The Balaban J connectivity index is 1.69. The van der Waals surface area contributed by atoms with E-state index >= 15 is 0 Å². The van der Waals surface area contributed by atoms with Gasteiger partial charge in [0, 0.05) is 26.1 Å². The SMILES string of the molecule is C[C@@H]1S[C@H](c2cccc(F)c2)N(CCC(=O)N2CCCC2)C1=O. The first-order valence-corrected chi connectivity index (χ1v) is 9.00. The zero-order chi connectivity index (χ0) is 16.4. The lowest BCUT2D eigenvalue weighted by atomic mass is 10.2. The van der Waals surface area contributed by atoms with Crippen molar-refractivity contribution in [2.24, 2.45) is 0 Å². The van der Waals surface area contributed by atoms with Crippen LogP contribution in [0.3, 0.4) is 0 Å². The van der Waals surface area contributed by atoms with Crippen molar-refractivity contribution >= 4 is 23.6 Å². The molecule has 0 radical (unpaired) electrons. The summed E-state index contributed by atoms with van der Waals surface area (Å²) in [4.78, 5) is 28.2. The Morgan fingerprint density at radius 1 is 1.35 bits per heavy atom. The molecule has 2 atom stereocenters. The van der Waals surface area contributed by atoms with Gasteiger partial charge in [-0.1, -0.05) is 12.1 Å². The van der Waals surface area contributed by atoms with Crippen LogP contribution in [0, 0.1) is 5.82 Å². The minimum Gasteiger partial charge on any atom is -0.343 e. The molecule has 2 aliphatic heterocycles. The number of hydrogen-bond donors (Lipinski definition) is 0. The van der Waals surface area contributed by atoms with Crippen LogP contribution in [-0.2, 0) is 9.59 Å². The molecule has 1 aromatic carbocycles. The highest BCUT2D eigenvalue weighted by molar-refractivity contribution is 8.01. The maximum Gasteiger partial charge on any atom is 0.236 e. The predicted molar refractivity (Wildman–Crippen MR) is 88.3 cm³/mol. The van der Waals surface area contributed by atoms with E-state index in [4.69, 9.17) is 0 Å². The van der Waals surface area contributed by atoms with Crippen molar-refractivity contribution in [3.05, 3.63) is 35.6 Å². The van der Waals surface area contributed by atoms with E-state index < -0.39 is 0 Å². The van der Waals surface area contributed by atoms with E-state index in [0.717, 1.165) is 31.5 Å². The molecular weight excluding hydrogens is 315 g/mol. The lowest BCUT2D eigenvalue weighted by molar-refractivity contribution is -0.133. The molecule has 124 valence electrons. The Morgan fingerprint density at radius 2 is 2.09 bits per heavy atom. The van der Waals surface area contributed by atoms with Gasteiger partial charge < -0.3 is 9.80 Å². The summed E-state index contributed by atoms with van der Waals surface area (Å²) in [6.07, 6.45) is 2.46. The van der Waals surface area contributed by atoms with Crippen LogP contribution in [0.15, 0.2) is 24.3 Å². The Labute approximate surface area is 140 Å². The number of thioether (sulfide) groups is 1. The van der Waals surface area contributed by atoms with E-state index in [9.17, 15) is 14.0 Å². The van der Waals surface area contributed by atoms with Crippen molar-refractivity contribution in [3.8, 4) is 0 Å². The second-order valence-electron chi connectivity index (χ2n) is 6.06. The summed E-state index contributed by atoms with van der Waals surface area (Å²) in [5, 5.41) is -0.371. The number of carbonyl (C=O) groups is 2. The van der Waals surface area contributed by atoms with Gasteiger partial charge in [-0.25, -0.2) is 4.39 Å². The van der Waals surface area contributed by atoms with Crippen molar-refractivity contribution in [1.82, 2.24) is 9.80 Å². The highest BCUT2D eigenvalue weighted by Gasteiger charge is 2.38. The summed E-state index contributed by atoms with van der Waals surface area (Å²) in [6, 6.07) is 6.36. The number of amides is 2. The molecule has 23 heavy (non-hydrogen) atoms. The monoisotopic (exact) mass is 336 g/mol. The van der Waals surface area contributed by atoms with Gasteiger partial charge in [-0.05, 0) is 37.5 Å². The lowest BCUT2D eigenvalue weighted by Gasteiger charge is -2.25. The number of carbonyl (C=O) groups excluding carboxylic acids is 2. The Morgan fingerprint density at radius 3 is 2.78 bits per heavy atom. The zero-order valence-corrected chi connectivity index (χ0v) is 14.0. The molecule has 2 saturated heterocycles. The van der Waals surface area contributed by atoms with Crippen LogP contribution in [0.25, 0.3) is 0 Å². The average molecular weight is 336 g/mol. The molecule has 0 saturated carbocycles. The maximum atomic E-state index is 13.5. The quantitative estimate of drug-likeness (QED) is 0.849. The smallest absolute Gasteiger partial charge is 0.236 e. The van der Waals surface area contributed by atoms with Crippen molar-refractivity contribution in [1.29, 1.82) is 0 Å². The molecule has 2 aliphatic rings. The molecular formula is C17H21FN2O2S. The fourth-order valence-electron chi connectivity index (χ4n) is 3.16. The van der Waals surface area contributed by atoms with Crippen LogP contribution in [-0.4, -0.2) is 46.5 Å². The van der Waals surface area contributed by atoms with Crippen molar-refractivity contribution < 1.29 is 14.0 Å². The lowest BCUT2D eigenvalue weighted by Crippen LogP contribution is -2.35. The molecule has 0 spiro atoms. The second-order valence-corrected chi connectivity index (χ2v) is 7.48. The van der Waals surface area contributed by atoms with Gasteiger partial charge >= 0.3 is 0 Å². The van der Waals surface area contributed by atoms with Gasteiger partial charge in [0.1, 0.15) is 11.2 Å². The number of benzene rings is 1. The molecule has 6 heteroatoms. The van der Waals surface area contributed by atoms with Gasteiger partial charge in [-0.15, -0.1) is 11.8 Å². The van der Waals surface area contributed by atoms with Crippen molar-refractivity contribution in [2.75, 3.05) is 19.6 Å². The Hall–Kier alpha value is -1.56. The topological polar surface area (TPSA) is 40.6 Å². The van der Waals surface area contributed by atoms with Crippen LogP contribution in [0.5, 0.6) is 0 Å². The first-order chi connectivity index (χ1) is 11.1. The molecule has 2 heterocycles. The number of nitrogens with zero attached hydrogens (tertiary/aromatic N) is 2. The number of hydrogen-bond acceptors (Lipinski definition) is 3. The highest BCUT2D eigenvalue weighted by atomic mass is 32.2. The van der Waals surface area contributed by atoms with Crippen molar-refractivity contribution in [2.45, 2.75) is 36.8 Å². The van der Waals surface area contributed by atoms with Crippen LogP contribution in [0.2, 0.25) is 0 Å². The predicted octanol–water partition coefficient (Wildman–Crippen LogP) is 2.80. The van der Waals surface area contributed by atoms with Crippen LogP contribution in [0.1, 0.15) is 37.1 Å². The molecule has 0 aliphatic carbocycles. The average Bonchev–Trinajstić information content (AvgIpc) is 3.15. The van der Waals surface area contributed by atoms with Crippen LogP contribution in [0.4, 0.5) is 4.39 Å². The third-order valence-electron chi connectivity index (χ3n) is 4.41. The highest BCUT2D eigenvalue weighted by Crippen LogP contribution is 2.43. The van der Waals surface area contributed by atoms with E-state index in [-0.39, 0.29) is 28.3 Å². The summed E-state index contributed by atoms with van der Waals surface area (Å²) in [6.45, 7) is 3.91. The Bertz CT molecular complexity index is 604. The summed E-state index contributed by atoms with van der Waals surface area (Å²) >= 11 is 1.51. The van der Waals surface area contributed by atoms with Gasteiger partial charge in [0.05, 0.1) is 5.25 Å². The summed E-state index contributed by atoms with van der Waals surface area (Å²) < 4.78 is 13.5. The van der Waals surface area contributed by atoms with E-state index in [1.54, 1.807) is 11.0 Å². The van der Waals surface area contributed by atoms with Gasteiger partial charge in [-0.3, -0.25) is 9.59 Å². The van der Waals surface area contributed by atoms with E-state index in [2.05, 4.69) is 0 Å². The third kappa shape index (κ3) is 3.52. The van der Waals surface area contributed by atoms with Gasteiger partial charge in [0.25, 0.3) is 0 Å². The molecule has 4 nitrogen and oxygen atoms in total. The summed E-state index contributed by atoms with van der Waals surface area (Å²) in [7, 11) is 0. The molecule has 0 aromatic heterocycles. The van der Waals surface area contributed by atoms with Gasteiger partial charge in [0.15, 0.2) is 0 Å². The molecule has 1 aromatic rings. The van der Waals surface area contributed by atoms with E-state index in [1.165, 1.54) is 23.9 Å². The molecule has 2 amide bonds. The summed E-state index contributed by atoms with van der Waals surface area (Å²) in [5.74, 6) is -0.167. The van der Waals surface area contributed by atoms with Crippen molar-refractivity contribution in [3.63, 3.8) is 0 Å². The standard InChI is InChI=1S/C17H21FN2O2S/c1-12-16(22)20(10-7-15(21)19-8-2-3-9-19)17(23-12)13-5-4-6-14(18)11-13/h4-6,11-12,17H,2-3,7-10H2,1H3/t12-,17+/m0/s1. The largest absolute Gasteiger partial charge is 0.343 e. The number of rotatable bonds is 4. The van der Waals surface area contributed by atoms with E-state index in [0.29, 0.717) is 13.0 Å².